The molecule has 2 aromatic heterocycles. The van der Waals surface area contributed by atoms with E-state index >= 15 is 0 Å². The molecule has 0 radical (unpaired) electrons. The molecule has 0 saturated carbocycles. The first kappa shape index (κ1) is 18.5. The summed E-state index contributed by atoms with van der Waals surface area (Å²) in [4.78, 5) is 16.9. The van der Waals surface area contributed by atoms with E-state index in [4.69, 9.17) is 9.26 Å². The fourth-order valence-electron chi connectivity index (χ4n) is 2.39. The lowest BCUT2D eigenvalue weighted by molar-refractivity contribution is 0.102. The van der Waals surface area contributed by atoms with Crippen LogP contribution in [0.3, 0.4) is 0 Å². The summed E-state index contributed by atoms with van der Waals surface area (Å²) in [6.07, 6.45) is 1.99. The van der Waals surface area contributed by atoms with Crippen molar-refractivity contribution >= 4 is 34.1 Å². The van der Waals surface area contributed by atoms with E-state index in [1.54, 1.807) is 30.0 Å². The van der Waals surface area contributed by atoms with Crippen molar-refractivity contribution in [1.82, 2.24) is 10.1 Å². The standard InChI is InChI=1S/C18H19N3O3S2/c1-10-15(12(3)24-21-10)9-23-14-7-5-6-13(8-14)16(22)20-18-19-11(2)17(25-4)26-18/h5-8H,9H2,1-4H3,(H,19,20,22). The number of carbonyl (C=O) groups is 1. The average molecular weight is 390 g/mol. The van der Waals surface area contributed by atoms with Crippen molar-refractivity contribution in [3.63, 3.8) is 0 Å². The number of benzene rings is 1. The van der Waals surface area contributed by atoms with E-state index in [9.17, 15) is 4.79 Å². The number of anilines is 1. The number of hydrogen-bond donors (Lipinski definition) is 1. The van der Waals surface area contributed by atoms with E-state index < -0.39 is 0 Å². The Bertz CT molecular complexity index is 914. The van der Waals surface area contributed by atoms with Crippen LogP contribution in [0, 0.1) is 20.8 Å². The molecule has 1 aromatic carbocycles. The van der Waals surface area contributed by atoms with Gasteiger partial charge in [-0.05, 0) is 45.2 Å². The zero-order chi connectivity index (χ0) is 18.7. The van der Waals surface area contributed by atoms with E-state index in [-0.39, 0.29) is 5.91 Å². The van der Waals surface area contributed by atoms with E-state index in [0.29, 0.717) is 23.1 Å². The molecule has 8 heteroatoms. The summed E-state index contributed by atoms with van der Waals surface area (Å²) in [7, 11) is 0. The molecule has 0 bridgehead atoms. The van der Waals surface area contributed by atoms with Gasteiger partial charge in [0.2, 0.25) is 0 Å². The summed E-state index contributed by atoms with van der Waals surface area (Å²) in [5.41, 5.74) is 3.16. The maximum absolute atomic E-state index is 12.5. The highest BCUT2D eigenvalue weighted by molar-refractivity contribution is 8.00. The highest BCUT2D eigenvalue weighted by atomic mass is 32.2. The molecule has 136 valence electrons. The highest BCUT2D eigenvalue weighted by Crippen LogP contribution is 2.30. The number of thiazole rings is 1. The minimum Gasteiger partial charge on any atom is -0.489 e. The maximum Gasteiger partial charge on any atom is 0.257 e. The van der Waals surface area contributed by atoms with Gasteiger partial charge >= 0.3 is 0 Å². The number of hydrogen-bond acceptors (Lipinski definition) is 7. The molecular weight excluding hydrogens is 370 g/mol. The Hall–Kier alpha value is -2.32. The van der Waals surface area contributed by atoms with Crippen LogP contribution < -0.4 is 10.1 Å². The third-order valence-electron chi connectivity index (χ3n) is 3.82. The van der Waals surface area contributed by atoms with Gasteiger partial charge in [0.25, 0.3) is 5.91 Å². The van der Waals surface area contributed by atoms with Crippen LogP contribution >= 0.6 is 23.1 Å². The molecule has 2 heterocycles. The summed E-state index contributed by atoms with van der Waals surface area (Å²) in [5, 5.41) is 7.35. The minimum atomic E-state index is -0.214. The predicted molar refractivity (Wildman–Crippen MR) is 103 cm³/mol. The van der Waals surface area contributed by atoms with Crippen LogP contribution in [0.15, 0.2) is 33.0 Å². The van der Waals surface area contributed by atoms with Crippen molar-refractivity contribution < 1.29 is 14.1 Å². The number of thioether (sulfide) groups is 1. The summed E-state index contributed by atoms with van der Waals surface area (Å²) < 4.78 is 12.0. The van der Waals surface area contributed by atoms with E-state index in [0.717, 1.165) is 26.9 Å². The summed E-state index contributed by atoms with van der Waals surface area (Å²) in [5.74, 6) is 1.13. The van der Waals surface area contributed by atoms with E-state index in [2.05, 4.69) is 15.5 Å². The Morgan fingerprint density at radius 3 is 2.77 bits per heavy atom. The SMILES string of the molecule is CSc1sc(NC(=O)c2cccc(OCc3c(C)noc3C)c2)nc1C. The smallest absolute Gasteiger partial charge is 0.257 e. The molecule has 0 atom stereocenters. The fourth-order valence-corrected chi connectivity index (χ4v) is 3.99. The van der Waals surface area contributed by atoms with Gasteiger partial charge in [-0.3, -0.25) is 10.1 Å². The second-order valence-corrected chi connectivity index (χ2v) is 7.74. The van der Waals surface area contributed by atoms with Crippen LogP contribution in [0.1, 0.15) is 33.1 Å². The Balaban J connectivity index is 1.69. The molecule has 0 spiro atoms. The molecule has 6 nitrogen and oxygen atoms in total. The number of ether oxygens (including phenoxy) is 1. The molecule has 1 amide bonds. The average Bonchev–Trinajstić information content (AvgIpc) is 3.15. The van der Waals surface area contributed by atoms with Crippen molar-refractivity contribution in [3.05, 3.63) is 52.5 Å². The first-order chi connectivity index (χ1) is 12.5. The van der Waals surface area contributed by atoms with Crippen LogP contribution in [0.4, 0.5) is 5.13 Å². The minimum absolute atomic E-state index is 0.214. The summed E-state index contributed by atoms with van der Waals surface area (Å²) in [6.45, 7) is 6.00. The Labute approximate surface area is 160 Å². The fraction of sp³-hybridized carbons (Fsp3) is 0.278. The van der Waals surface area contributed by atoms with Gasteiger partial charge in [-0.15, -0.1) is 11.8 Å². The Kier molecular flexibility index (Phi) is 5.63. The molecule has 0 aliphatic carbocycles. The van der Waals surface area contributed by atoms with Crippen molar-refractivity contribution in [1.29, 1.82) is 0 Å². The second kappa shape index (κ2) is 7.92. The number of aromatic nitrogens is 2. The lowest BCUT2D eigenvalue weighted by Crippen LogP contribution is -2.11. The van der Waals surface area contributed by atoms with Crippen molar-refractivity contribution in [3.8, 4) is 5.75 Å². The molecule has 0 saturated heterocycles. The van der Waals surface area contributed by atoms with Gasteiger partial charge < -0.3 is 9.26 Å². The normalized spacial score (nSPS) is 10.8. The highest BCUT2D eigenvalue weighted by Gasteiger charge is 2.13. The lowest BCUT2D eigenvalue weighted by Gasteiger charge is -2.08. The van der Waals surface area contributed by atoms with Crippen LogP contribution in [0.5, 0.6) is 5.75 Å². The van der Waals surface area contributed by atoms with Crippen LogP contribution in [-0.2, 0) is 6.61 Å². The quantitative estimate of drug-likeness (QED) is 0.620. The summed E-state index contributed by atoms with van der Waals surface area (Å²) in [6, 6.07) is 7.06. The van der Waals surface area contributed by atoms with Gasteiger partial charge in [0.05, 0.1) is 21.2 Å². The van der Waals surface area contributed by atoms with Crippen LogP contribution in [0.25, 0.3) is 0 Å². The zero-order valence-corrected chi connectivity index (χ0v) is 16.6. The third kappa shape index (κ3) is 4.08. The Morgan fingerprint density at radius 2 is 2.12 bits per heavy atom. The number of nitrogens with one attached hydrogen (secondary N) is 1. The van der Waals surface area contributed by atoms with Gasteiger partial charge in [-0.2, -0.15) is 0 Å². The first-order valence-electron chi connectivity index (χ1n) is 7.95. The number of rotatable bonds is 6. The first-order valence-corrected chi connectivity index (χ1v) is 9.99. The summed E-state index contributed by atoms with van der Waals surface area (Å²) >= 11 is 3.09. The van der Waals surface area contributed by atoms with Crippen molar-refractivity contribution in [2.45, 2.75) is 31.6 Å². The van der Waals surface area contributed by atoms with Gasteiger partial charge in [0.15, 0.2) is 5.13 Å². The lowest BCUT2D eigenvalue weighted by atomic mass is 10.2. The van der Waals surface area contributed by atoms with Gasteiger partial charge in [0.1, 0.15) is 18.1 Å². The predicted octanol–water partition coefficient (Wildman–Crippen LogP) is 4.61. The molecule has 3 rings (SSSR count). The molecule has 0 aliphatic heterocycles. The third-order valence-corrected chi connectivity index (χ3v) is 6.10. The number of carbonyl (C=O) groups excluding carboxylic acids is 1. The molecule has 0 fully saturated rings. The number of nitrogens with zero attached hydrogens (tertiary/aromatic N) is 2. The van der Waals surface area contributed by atoms with E-state index in [1.807, 2.05) is 33.1 Å². The molecule has 1 N–H and O–H groups in total. The molecule has 0 unspecified atom stereocenters. The maximum atomic E-state index is 12.5. The number of aryl methyl sites for hydroxylation is 3. The van der Waals surface area contributed by atoms with Crippen LogP contribution in [0.2, 0.25) is 0 Å². The van der Waals surface area contributed by atoms with Gasteiger partial charge in [0, 0.05) is 5.56 Å². The molecule has 26 heavy (non-hydrogen) atoms. The largest absolute Gasteiger partial charge is 0.489 e. The topological polar surface area (TPSA) is 77.2 Å². The Morgan fingerprint density at radius 1 is 1.31 bits per heavy atom. The molecular formula is C18H19N3O3S2. The monoisotopic (exact) mass is 389 g/mol. The molecule has 0 aliphatic rings. The molecule has 3 aromatic rings. The van der Waals surface area contributed by atoms with E-state index in [1.165, 1.54) is 11.3 Å². The van der Waals surface area contributed by atoms with Crippen LogP contribution in [-0.4, -0.2) is 22.3 Å². The van der Waals surface area contributed by atoms with Crippen molar-refractivity contribution in [2.75, 3.05) is 11.6 Å². The zero-order valence-electron chi connectivity index (χ0n) is 15.0. The van der Waals surface area contributed by atoms with Gasteiger partial charge in [-0.25, -0.2) is 4.98 Å². The number of amides is 1. The van der Waals surface area contributed by atoms with Gasteiger partial charge in [-0.1, -0.05) is 22.6 Å². The van der Waals surface area contributed by atoms with Crippen molar-refractivity contribution in [2.24, 2.45) is 0 Å². The second-order valence-electron chi connectivity index (χ2n) is 5.67.